The molecule has 0 aromatic carbocycles. The van der Waals surface area contributed by atoms with Crippen molar-refractivity contribution in [3.63, 3.8) is 0 Å². The van der Waals surface area contributed by atoms with Crippen molar-refractivity contribution in [2.75, 3.05) is 0 Å². The van der Waals surface area contributed by atoms with Crippen LogP contribution >= 0.6 is 15.9 Å². The molecular formula is C14H16BrN3. The van der Waals surface area contributed by atoms with Gasteiger partial charge in [-0.05, 0) is 65.4 Å². The Balaban J connectivity index is 2.09. The maximum Gasteiger partial charge on any atom is 0.137 e. The molecule has 0 spiro atoms. The molecule has 0 amide bonds. The van der Waals surface area contributed by atoms with Crippen molar-refractivity contribution in [2.45, 2.75) is 32.2 Å². The van der Waals surface area contributed by atoms with Crippen LogP contribution in [0.5, 0.6) is 0 Å². The zero-order chi connectivity index (χ0) is 12.7. The van der Waals surface area contributed by atoms with Crippen LogP contribution in [0.2, 0.25) is 0 Å². The molecule has 0 saturated carbocycles. The standard InChI is InChI=1S/C14H16BrN3/c1-9-7-14(17-8-11(9)15)18-6-5-10-12(16)3-2-4-13(10)18/h5-8,12H,2-4,16H2,1H3. The Labute approximate surface area is 115 Å². The Morgan fingerprint density at radius 2 is 2.33 bits per heavy atom. The summed E-state index contributed by atoms with van der Waals surface area (Å²) in [6, 6.07) is 4.43. The fraction of sp³-hybridized carbons (Fsp3) is 0.357. The van der Waals surface area contributed by atoms with Gasteiger partial charge in [0.15, 0.2) is 0 Å². The predicted molar refractivity (Wildman–Crippen MR) is 75.9 cm³/mol. The van der Waals surface area contributed by atoms with E-state index in [-0.39, 0.29) is 6.04 Å². The number of rotatable bonds is 1. The molecule has 1 aliphatic carbocycles. The minimum atomic E-state index is 0.187. The lowest BCUT2D eigenvalue weighted by molar-refractivity contribution is 0.559. The Hall–Kier alpha value is -1.13. The first kappa shape index (κ1) is 11.9. The largest absolute Gasteiger partial charge is 0.324 e. The fourth-order valence-electron chi connectivity index (χ4n) is 2.60. The molecule has 2 heterocycles. The summed E-state index contributed by atoms with van der Waals surface area (Å²) in [6.07, 6.45) is 7.29. The molecule has 3 rings (SSSR count). The molecule has 4 heteroatoms. The fourth-order valence-corrected chi connectivity index (χ4v) is 2.82. The molecule has 2 aromatic rings. The van der Waals surface area contributed by atoms with Gasteiger partial charge >= 0.3 is 0 Å². The number of hydrogen-bond acceptors (Lipinski definition) is 2. The number of aromatic nitrogens is 2. The molecule has 0 fully saturated rings. The number of nitrogens with two attached hydrogens (primary N) is 1. The number of nitrogens with zero attached hydrogens (tertiary/aromatic N) is 2. The number of hydrogen-bond donors (Lipinski definition) is 1. The Morgan fingerprint density at radius 1 is 1.50 bits per heavy atom. The molecule has 2 N–H and O–H groups in total. The third-order valence-corrected chi connectivity index (χ3v) is 4.46. The third kappa shape index (κ3) is 1.89. The molecule has 0 aliphatic heterocycles. The minimum Gasteiger partial charge on any atom is -0.324 e. The van der Waals surface area contributed by atoms with Crippen LogP contribution in [0, 0.1) is 6.92 Å². The number of aryl methyl sites for hydroxylation is 1. The van der Waals surface area contributed by atoms with Gasteiger partial charge in [0.05, 0.1) is 0 Å². The van der Waals surface area contributed by atoms with Gasteiger partial charge in [-0.3, -0.25) is 0 Å². The molecule has 1 atom stereocenters. The van der Waals surface area contributed by atoms with Gasteiger partial charge in [0.1, 0.15) is 5.82 Å². The lowest BCUT2D eigenvalue weighted by Crippen LogP contribution is -2.18. The van der Waals surface area contributed by atoms with Crippen molar-refractivity contribution in [3.8, 4) is 5.82 Å². The van der Waals surface area contributed by atoms with E-state index >= 15 is 0 Å². The van der Waals surface area contributed by atoms with E-state index in [4.69, 9.17) is 5.73 Å². The Bertz CT molecular complexity index is 589. The van der Waals surface area contributed by atoms with Crippen LogP contribution in [0.4, 0.5) is 0 Å². The number of halogens is 1. The first-order valence-electron chi connectivity index (χ1n) is 6.25. The quantitative estimate of drug-likeness (QED) is 0.878. The van der Waals surface area contributed by atoms with Crippen LogP contribution in [0.1, 0.15) is 35.7 Å². The smallest absolute Gasteiger partial charge is 0.137 e. The van der Waals surface area contributed by atoms with Gasteiger partial charge in [-0.15, -0.1) is 0 Å². The predicted octanol–water partition coefficient (Wildman–Crippen LogP) is 3.28. The summed E-state index contributed by atoms with van der Waals surface area (Å²) in [5.41, 5.74) is 9.95. The van der Waals surface area contributed by atoms with Gasteiger partial charge in [0.25, 0.3) is 0 Å². The lowest BCUT2D eigenvalue weighted by Gasteiger charge is -2.20. The van der Waals surface area contributed by atoms with Gasteiger partial charge in [0, 0.05) is 28.6 Å². The third-order valence-electron chi connectivity index (χ3n) is 3.63. The summed E-state index contributed by atoms with van der Waals surface area (Å²) < 4.78 is 3.22. The van der Waals surface area contributed by atoms with Gasteiger partial charge in [0.2, 0.25) is 0 Å². The Kier molecular flexibility index (Phi) is 2.99. The molecule has 1 unspecified atom stereocenters. The summed E-state index contributed by atoms with van der Waals surface area (Å²) in [5.74, 6) is 0.978. The van der Waals surface area contributed by atoms with Gasteiger partial charge < -0.3 is 10.3 Å². The Morgan fingerprint density at radius 3 is 3.11 bits per heavy atom. The molecule has 94 valence electrons. The zero-order valence-corrected chi connectivity index (χ0v) is 11.9. The monoisotopic (exact) mass is 305 g/mol. The maximum atomic E-state index is 6.15. The summed E-state index contributed by atoms with van der Waals surface area (Å²) in [6.45, 7) is 2.08. The van der Waals surface area contributed by atoms with E-state index in [1.54, 1.807) is 0 Å². The van der Waals surface area contributed by atoms with Gasteiger partial charge in [-0.2, -0.15) is 0 Å². The lowest BCUT2D eigenvalue weighted by atomic mass is 9.94. The van der Waals surface area contributed by atoms with Crippen molar-refractivity contribution < 1.29 is 0 Å². The van der Waals surface area contributed by atoms with E-state index in [9.17, 15) is 0 Å². The van der Waals surface area contributed by atoms with Crippen LogP contribution in [-0.4, -0.2) is 9.55 Å². The van der Waals surface area contributed by atoms with Gasteiger partial charge in [-0.25, -0.2) is 4.98 Å². The highest BCUT2D eigenvalue weighted by Gasteiger charge is 2.21. The summed E-state index contributed by atoms with van der Waals surface area (Å²) in [5, 5.41) is 0. The molecule has 2 aromatic heterocycles. The summed E-state index contributed by atoms with van der Waals surface area (Å²) in [7, 11) is 0. The maximum absolute atomic E-state index is 6.15. The molecule has 0 radical (unpaired) electrons. The number of pyridine rings is 1. The molecule has 1 aliphatic rings. The van der Waals surface area contributed by atoms with E-state index in [1.165, 1.54) is 16.8 Å². The van der Waals surface area contributed by atoms with Crippen molar-refractivity contribution in [1.82, 2.24) is 9.55 Å². The molecule has 0 bridgehead atoms. The average Bonchev–Trinajstić information content (AvgIpc) is 2.78. The van der Waals surface area contributed by atoms with Crippen LogP contribution < -0.4 is 5.73 Å². The van der Waals surface area contributed by atoms with E-state index in [0.717, 1.165) is 29.6 Å². The van der Waals surface area contributed by atoms with E-state index in [1.807, 2.05) is 6.20 Å². The van der Waals surface area contributed by atoms with Crippen molar-refractivity contribution >= 4 is 15.9 Å². The van der Waals surface area contributed by atoms with Crippen molar-refractivity contribution in [2.24, 2.45) is 5.73 Å². The van der Waals surface area contributed by atoms with Gasteiger partial charge in [-0.1, -0.05) is 0 Å². The first-order chi connectivity index (χ1) is 8.66. The van der Waals surface area contributed by atoms with E-state index in [2.05, 4.69) is 50.7 Å². The normalized spacial score (nSPS) is 18.7. The topological polar surface area (TPSA) is 43.8 Å². The molecule has 18 heavy (non-hydrogen) atoms. The van der Waals surface area contributed by atoms with E-state index < -0.39 is 0 Å². The highest BCUT2D eigenvalue weighted by Crippen LogP contribution is 2.30. The van der Waals surface area contributed by atoms with Crippen LogP contribution in [0.25, 0.3) is 5.82 Å². The first-order valence-corrected chi connectivity index (χ1v) is 7.04. The molecule has 0 saturated heterocycles. The van der Waals surface area contributed by atoms with Crippen molar-refractivity contribution in [1.29, 1.82) is 0 Å². The van der Waals surface area contributed by atoms with E-state index in [0.29, 0.717) is 0 Å². The van der Waals surface area contributed by atoms with Crippen molar-refractivity contribution in [3.05, 3.63) is 45.8 Å². The SMILES string of the molecule is Cc1cc(-n2ccc3c2CCCC3N)ncc1Br. The molecular weight excluding hydrogens is 290 g/mol. The number of fused-ring (bicyclic) bond motifs is 1. The minimum absolute atomic E-state index is 0.187. The van der Waals surface area contributed by atoms with Crippen LogP contribution in [0.15, 0.2) is 29.0 Å². The highest BCUT2D eigenvalue weighted by molar-refractivity contribution is 9.10. The highest BCUT2D eigenvalue weighted by atomic mass is 79.9. The zero-order valence-electron chi connectivity index (χ0n) is 10.4. The second-order valence-electron chi connectivity index (χ2n) is 4.88. The van der Waals surface area contributed by atoms with Crippen LogP contribution in [0.3, 0.4) is 0 Å². The second kappa shape index (κ2) is 4.52. The molecule has 3 nitrogen and oxygen atoms in total. The summed E-state index contributed by atoms with van der Waals surface area (Å²) >= 11 is 3.49. The summed E-state index contributed by atoms with van der Waals surface area (Å²) in [4.78, 5) is 4.49. The second-order valence-corrected chi connectivity index (χ2v) is 5.73. The average molecular weight is 306 g/mol. The van der Waals surface area contributed by atoms with Crippen LogP contribution in [-0.2, 0) is 6.42 Å².